The van der Waals surface area contributed by atoms with Crippen molar-refractivity contribution in [2.24, 2.45) is 11.8 Å². The molecule has 1 saturated carbocycles. The number of hydrogen-bond donors (Lipinski definition) is 1. The zero-order valence-corrected chi connectivity index (χ0v) is 16.3. The molecule has 1 N–H and O–H groups in total. The van der Waals surface area contributed by atoms with Crippen molar-refractivity contribution in [3.8, 4) is 0 Å². The molecule has 1 aliphatic carbocycles. The summed E-state index contributed by atoms with van der Waals surface area (Å²) in [5.74, 6) is -3.50. The number of nitrogens with zero attached hydrogens (tertiary/aromatic N) is 1. The Labute approximate surface area is 167 Å². The summed E-state index contributed by atoms with van der Waals surface area (Å²) < 4.78 is 10.1. The van der Waals surface area contributed by atoms with Crippen LogP contribution in [-0.2, 0) is 28.7 Å². The van der Waals surface area contributed by atoms with Crippen LogP contribution in [0.25, 0.3) is 0 Å². The molecule has 2 unspecified atom stereocenters. The standard InChI is InChI=1S/C21H22N2O6/c1-21(2)28-19(26)16(20(27)29-21)11-22-12-7-9-13(10-8-12)23-17(24)14-5-3-4-6-15(14)18(23)25/h7-11,14-15,22H,3-6H2,1-2H3. The lowest BCUT2D eigenvalue weighted by atomic mass is 9.81. The minimum absolute atomic E-state index is 0.127. The average molecular weight is 398 g/mol. The van der Waals surface area contributed by atoms with Crippen LogP contribution in [0.3, 0.4) is 0 Å². The van der Waals surface area contributed by atoms with Gasteiger partial charge in [-0.05, 0) is 37.1 Å². The Morgan fingerprint density at radius 3 is 1.97 bits per heavy atom. The number of nitrogens with one attached hydrogen (secondary N) is 1. The number of esters is 2. The molecule has 2 heterocycles. The number of rotatable bonds is 3. The van der Waals surface area contributed by atoms with Gasteiger partial charge in [0.05, 0.1) is 17.5 Å². The van der Waals surface area contributed by atoms with Gasteiger partial charge in [-0.2, -0.15) is 0 Å². The second-order valence-electron chi connectivity index (χ2n) is 7.94. The van der Waals surface area contributed by atoms with Gasteiger partial charge in [0.15, 0.2) is 5.57 Å². The predicted molar refractivity (Wildman–Crippen MR) is 102 cm³/mol. The molecule has 3 fully saturated rings. The minimum atomic E-state index is -1.29. The summed E-state index contributed by atoms with van der Waals surface area (Å²) >= 11 is 0. The lowest BCUT2D eigenvalue weighted by Gasteiger charge is -2.29. The van der Waals surface area contributed by atoms with Gasteiger partial charge >= 0.3 is 11.9 Å². The summed E-state index contributed by atoms with van der Waals surface area (Å²) in [5.41, 5.74) is 0.844. The maximum Gasteiger partial charge on any atom is 0.350 e. The van der Waals surface area contributed by atoms with Crippen LogP contribution < -0.4 is 10.2 Å². The van der Waals surface area contributed by atoms with E-state index in [1.165, 1.54) is 24.9 Å². The highest BCUT2D eigenvalue weighted by Gasteiger charge is 2.48. The van der Waals surface area contributed by atoms with Gasteiger partial charge < -0.3 is 14.8 Å². The third-order valence-electron chi connectivity index (χ3n) is 5.47. The zero-order chi connectivity index (χ0) is 20.8. The predicted octanol–water partition coefficient (Wildman–Crippen LogP) is 2.50. The lowest BCUT2D eigenvalue weighted by Crippen LogP contribution is -2.42. The number of benzene rings is 1. The number of cyclic esters (lactones) is 2. The zero-order valence-electron chi connectivity index (χ0n) is 16.3. The molecule has 0 aromatic heterocycles. The van der Waals surface area contributed by atoms with Crippen molar-refractivity contribution in [1.82, 2.24) is 0 Å². The number of carbonyl (C=O) groups is 4. The quantitative estimate of drug-likeness (QED) is 0.361. The van der Waals surface area contributed by atoms with Crippen LogP contribution in [0.2, 0.25) is 0 Å². The van der Waals surface area contributed by atoms with Gasteiger partial charge in [-0.3, -0.25) is 14.5 Å². The van der Waals surface area contributed by atoms with Crippen molar-refractivity contribution in [1.29, 1.82) is 0 Å². The van der Waals surface area contributed by atoms with Gasteiger partial charge in [0, 0.05) is 25.7 Å². The fraction of sp³-hybridized carbons (Fsp3) is 0.429. The Morgan fingerprint density at radius 1 is 0.931 bits per heavy atom. The molecule has 1 aromatic rings. The van der Waals surface area contributed by atoms with Crippen molar-refractivity contribution in [3.05, 3.63) is 36.0 Å². The molecule has 1 aromatic carbocycles. The van der Waals surface area contributed by atoms with Gasteiger partial charge in [0.1, 0.15) is 0 Å². The number of ether oxygens (including phenoxy) is 2. The largest absolute Gasteiger partial charge is 0.419 e. The highest BCUT2D eigenvalue weighted by atomic mass is 16.7. The molecule has 0 radical (unpaired) electrons. The molecule has 29 heavy (non-hydrogen) atoms. The summed E-state index contributed by atoms with van der Waals surface area (Å²) in [6, 6.07) is 6.65. The summed E-state index contributed by atoms with van der Waals surface area (Å²) in [6.45, 7) is 2.95. The average Bonchev–Trinajstić information content (AvgIpc) is 2.92. The minimum Gasteiger partial charge on any atom is -0.419 e. The number of imide groups is 1. The second kappa shape index (κ2) is 7.02. The normalized spacial score (nSPS) is 26.0. The molecular formula is C21H22N2O6. The molecule has 152 valence electrons. The Hall–Kier alpha value is -3.16. The van der Waals surface area contributed by atoms with E-state index in [1.54, 1.807) is 24.3 Å². The van der Waals surface area contributed by atoms with Crippen molar-refractivity contribution in [2.45, 2.75) is 45.3 Å². The Bertz CT molecular complexity index is 872. The fourth-order valence-corrected chi connectivity index (χ4v) is 4.06. The third kappa shape index (κ3) is 3.50. The maximum absolute atomic E-state index is 12.7. The number of carbonyl (C=O) groups excluding carboxylic acids is 4. The maximum atomic E-state index is 12.7. The monoisotopic (exact) mass is 398 g/mol. The number of hydrogen-bond acceptors (Lipinski definition) is 7. The molecule has 0 bridgehead atoms. The number of amides is 2. The first-order chi connectivity index (χ1) is 13.8. The second-order valence-corrected chi connectivity index (χ2v) is 7.94. The van der Waals surface area contributed by atoms with Crippen LogP contribution >= 0.6 is 0 Å². The van der Waals surface area contributed by atoms with Crippen LogP contribution in [-0.4, -0.2) is 29.5 Å². The van der Waals surface area contributed by atoms with E-state index in [2.05, 4.69) is 5.32 Å². The lowest BCUT2D eigenvalue weighted by molar-refractivity contribution is -0.222. The van der Waals surface area contributed by atoms with E-state index >= 15 is 0 Å². The Kier molecular flexibility index (Phi) is 4.64. The summed E-state index contributed by atoms with van der Waals surface area (Å²) in [7, 11) is 0. The number of anilines is 2. The van der Waals surface area contributed by atoms with Crippen molar-refractivity contribution in [2.75, 3.05) is 10.2 Å². The highest BCUT2D eigenvalue weighted by molar-refractivity contribution is 6.22. The molecule has 2 amide bonds. The van der Waals surface area contributed by atoms with E-state index < -0.39 is 17.7 Å². The van der Waals surface area contributed by atoms with Crippen LogP contribution in [0.1, 0.15) is 39.5 Å². The SMILES string of the molecule is CC1(C)OC(=O)C(=CNc2ccc(N3C(=O)C4CCCCC4C3=O)cc2)C(=O)O1. The molecule has 8 nitrogen and oxygen atoms in total. The summed E-state index contributed by atoms with van der Waals surface area (Å²) in [6.07, 6.45) is 4.71. The fourth-order valence-electron chi connectivity index (χ4n) is 4.06. The first-order valence-electron chi connectivity index (χ1n) is 9.68. The molecule has 2 saturated heterocycles. The van der Waals surface area contributed by atoms with Crippen molar-refractivity contribution < 1.29 is 28.7 Å². The first-order valence-corrected chi connectivity index (χ1v) is 9.68. The first kappa shape index (κ1) is 19.2. The van der Waals surface area contributed by atoms with Gasteiger partial charge in [0.25, 0.3) is 5.79 Å². The number of fused-ring (bicyclic) bond motifs is 1. The van der Waals surface area contributed by atoms with Crippen LogP contribution in [0.4, 0.5) is 11.4 Å². The van der Waals surface area contributed by atoms with E-state index in [1.807, 2.05) is 0 Å². The molecular weight excluding hydrogens is 376 g/mol. The molecule has 2 aliphatic heterocycles. The Balaban J connectivity index is 1.48. The van der Waals surface area contributed by atoms with E-state index in [0.717, 1.165) is 25.7 Å². The summed E-state index contributed by atoms with van der Waals surface area (Å²) in [4.78, 5) is 50.5. The van der Waals surface area contributed by atoms with E-state index in [4.69, 9.17) is 9.47 Å². The van der Waals surface area contributed by atoms with Crippen molar-refractivity contribution >= 4 is 35.1 Å². The molecule has 0 spiro atoms. The van der Waals surface area contributed by atoms with Crippen molar-refractivity contribution in [3.63, 3.8) is 0 Å². The van der Waals surface area contributed by atoms with Crippen LogP contribution in [0, 0.1) is 11.8 Å². The van der Waals surface area contributed by atoms with E-state index in [-0.39, 0.29) is 29.2 Å². The van der Waals surface area contributed by atoms with Crippen LogP contribution in [0.15, 0.2) is 36.0 Å². The van der Waals surface area contributed by atoms with Gasteiger partial charge in [-0.1, -0.05) is 12.8 Å². The Morgan fingerprint density at radius 2 is 1.45 bits per heavy atom. The summed E-state index contributed by atoms with van der Waals surface area (Å²) in [5, 5.41) is 2.84. The van der Waals surface area contributed by atoms with Crippen LogP contribution in [0.5, 0.6) is 0 Å². The van der Waals surface area contributed by atoms with Gasteiger partial charge in [-0.15, -0.1) is 0 Å². The molecule has 8 heteroatoms. The molecule has 2 atom stereocenters. The van der Waals surface area contributed by atoms with E-state index in [0.29, 0.717) is 11.4 Å². The van der Waals surface area contributed by atoms with Gasteiger partial charge in [-0.25, -0.2) is 9.59 Å². The highest BCUT2D eigenvalue weighted by Crippen LogP contribution is 2.40. The van der Waals surface area contributed by atoms with Gasteiger partial charge in [0.2, 0.25) is 11.8 Å². The van der Waals surface area contributed by atoms with E-state index in [9.17, 15) is 19.2 Å². The third-order valence-corrected chi connectivity index (χ3v) is 5.47. The molecule has 4 rings (SSSR count). The topological polar surface area (TPSA) is 102 Å². The molecule has 3 aliphatic rings. The smallest absolute Gasteiger partial charge is 0.350 e.